The zero-order valence-electron chi connectivity index (χ0n) is 13.7. The van der Waals surface area contributed by atoms with E-state index in [9.17, 15) is 9.59 Å². The molecule has 24 heavy (non-hydrogen) atoms. The highest BCUT2D eigenvalue weighted by molar-refractivity contribution is 7.99. The fourth-order valence-corrected chi connectivity index (χ4v) is 2.84. The number of ether oxygens (including phenoxy) is 2. The fraction of sp³-hybridized carbons (Fsp3) is 0.333. The van der Waals surface area contributed by atoms with Gasteiger partial charge in [0, 0.05) is 5.56 Å². The monoisotopic (exact) mass is 348 g/mol. The highest BCUT2D eigenvalue weighted by Gasteiger charge is 2.20. The van der Waals surface area contributed by atoms with Crippen LogP contribution in [-0.4, -0.2) is 30.9 Å². The molecule has 0 N–H and O–H groups in total. The Hall–Kier alpha value is -2.21. The predicted octanol–water partition coefficient (Wildman–Crippen LogP) is 3.92. The van der Waals surface area contributed by atoms with E-state index >= 15 is 0 Å². The summed E-state index contributed by atoms with van der Waals surface area (Å²) in [5.74, 6) is 0.995. The maximum atomic E-state index is 12.1. The minimum atomic E-state index is -0.421. The van der Waals surface area contributed by atoms with E-state index in [1.54, 1.807) is 19.9 Å². The van der Waals surface area contributed by atoms with Crippen molar-refractivity contribution in [2.24, 2.45) is 0 Å². The molecule has 2 rings (SSSR count). The van der Waals surface area contributed by atoms with Gasteiger partial charge < -0.3 is 13.9 Å². The summed E-state index contributed by atoms with van der Waals surface area (Å²) in [5, 5.41) is 0. The molecule has 0 saturated carbocycles. The Labute approximate surface area is 145 Å². The number of carbonyl (C=O) groups excluding carboxylic acids is 2. The van der Waals surface area contributed by atoms with Crippen molar-refractivity contribution in [2.45, 2.75) is 19.6 Å². The number of benzene rings is 1. The summed E-state index contributed by atoms with van der Waals surface area (Å²) >= 11 is 1.34. The molecule has 0 radical (unpaired) electrons. The van der Waals surface area contributed by atoms with Crippen LogP contribution in [0.2, 0.25) is 0 Å². The molecular weight excluding hydrogens is 328 g/mol. The molecule has 6 heteroatoms. The van der Waals surface area contributed by atoms with Gasteiger partial charge >= 0.3 is 11.9 Å². The number of thioether (sulfide) groups is 1. The third-order valence-electron chi connectivity index (χ3n) is 3.12. The Morgan fingerprint density at radius 2 is 1.79 bits per heavy atom. The molecule has 0 fully saturated rings. The van der Waals surface area contributed by atoms with Crippen LogP contribution >= 0.6 is 11.8 Å². The molecule has 1 aromatic carbocycles. The quantitative estimate of drug-likeness (QED) is 0.674. The van der Waals surface area contributed by atoms with E-state index in [1.165, 1.54) is 11.8 Å². The van der Waals surface area contributed by atoms with Crippen molar-refractivity contribution >= 4 is 23.7 Å². The van der Waals surface area contributed by atoms with Gasteiger partial charge in [-0.1, -0.05) is 30.3 Å². The SMILES string of the molecule is CCOC(=O)CSCc1oc(-c2ccccc2)cc1C(=O)OCC. The van der Waals surface area contributed by atoms with E-state index in [4.69, 9.17) is 13.9 Å². The molecule has 5 nitrogen and oxygen atoms in total. The van der Waals surface area contributed by atoms with Crippen molar-refractivity contribution < 1.29 is 23.5 Å². The third-order valence-corrected chi connectivity index (χ3v) is 4.03. The lowest BCUT2D eigenvalue weighted by Gasteiger charge is -2.03. The summed E-state index contributed by atoms with van der Waals surface area (Å²) in [6, 6.07) is 11.2. The first-order valence-corrected chi connectivity index (χ1v) is 8.89. The molecule has 0 bridgehead atoms. The second-order valence-electron chi connectivity index (χ2n) is 4.83. The first kappa shape index (κ1) is 18.1. The third kappa shape index (κ3) is 4.89. The van der Waals surface area contributed by atoms with Crippen molar-refractivity contribution in [3.05, 3.63) is 47.7 Å². The van der Waals surface area contributed by atoms with Crippen LogP contribution in [0.3, 0.4) is 0 Å². The van der Waals surface area contributed by atoms with Crippen LogP contribution in [0.1, 0.15) is 30.0 Å². The van der Waals surface area contributed by atoms with Gasteiger partial charge in [0.25, 0.3) is 0 Å². The van der Waals surface area contributed by atoms with Gasteiger partial charge in [0.15, 0.2) is 0 Å². The zero-order valence-corrected chi connectivity index (χ0v) is 14.6. The first-order chi connectivity index (χ1) is 11.7. The average Bonchev–Trinajstić information content (AvgIpc) is 3.00. The van der Waals surface area contributed by atoms with Crippen LogP contribution in [-0.2, 0) is 20.0 Å². The molecule has 0 unspecified atom stereocenters. The molecule has 0 aliphatic rings. The Morgan fingerprint density at radius 1 is 1.08 bits per heavy atom. The molecule has 1 heterocycles. The van der Waals surface area contributed by atoms with Crippen LogP contribution in [0.25, 0.3) is 11.3 Å². The van der Waals surface area contributed by atoms with Crippen molar-refractivity contribution in [1.82, 2.24) is 0 Å². The van der Waals surface area contributed by atoms with E-state index in [1.807, 2.05) is 30.3 Å². The van der Waals surface area contributed by atoms with Crippen LogP contribution in [0.4, 0.5) is 0 Å². The topological polar surface area (TPSA) is 65.7 Å². The Bertz CT molecular complexity index is 678. The summed E-state index contributed by atoms with van der Waals surface area (Å²) in [6.45, 7) is 4.16. The number of furan rings is 1. The van der Waals surface area contributed by atoms with Gasteiger partial charge in [-0.3, -0.25) is 4.79 Å². The molecule has 0 spiro atoms. The van der Waals surface area contributed by atoms with E-state index < -0.39 is 5.97 Å². The highest BCUT2D eigenvalue weighted by atomic mass is 32.2. The molecular formula is C18H20O5S. The van der Waals surface area contributed by atoms with Crippen molar-refractivity contribution in [1.29, 1.82) is 0 Å². The number of esters is 2. The normalized spacial score (nSPS) is 10.4. The summed E-state index contributed by atoms with van der Waals surface area (Å²) in [6.07, 6.45) is 0. The highest BCUT2D eigenvalue weighted by Crippen LogP contribution is 2.28. The first-order valence-electron chi connectivity index (χ1n) is 7.74. The molecule has 0 saturated heterocycles. The van der Waals surface area contributed by atoms with Crippen LogP contribution in [0, 0.1) is 0 Å². The summed E-state index contributed by atoms with van der Waals surface area (Å²) in [5.41, 5.74) is 1.27. The molecule has 0 aliphatic carbocycles. The van der Waals surface area contributed by atoms with E-state index in [-0.39, 0.29) is 11.7 Å². The van der Waals surface area contributed by atoms with Crippen LogP contribution in [0.15, 0.2) is 40.8 Å². The molecule has 0 aliphatic heterocycles. The van der Waals surface area contributed by atoms with E-state index in [0.717, 1.165) is 5.56 Å². The van der Waals surface area contributed by atoms with E-state index in [2.05, 4.69) is 0 Å². The standard InChI is InChI=1S/C18H20O5S/c1-3-21-17(19)12-24-11-16-14(18(20)22-4-2)10-15(23-16)13-8-6-5-7-9-13/h5-10H,3-4,11-12H2,1-2H3. The molecule has 128 valence electrons. The van der Waals surface area contributed by atoms with Gasteiger partial charge in [0.2, 0.25) is 0 Å². The van der Waals surface area contributed by atoms with Gasteiger partial charge in [0.1, 0.15) is 17.1 Å². The Kier molecular flexibility index (Phi) is 6.93. The van der Waals surface area contributed by atoms with Crippen LogP contribution in [0.5, 0.6) is 0 Å². The van der Waals surface area contributed by atoms with Crippen molar-refractivity contribution in [3.8, 4) is 11.3 Å². The van der Waals surface area contributed by atoms with Crippen molar-refractivity contribution in [3.63, 3.8) is 0 Å². The molecule has 0 atom stereocenters. The van der Waals surface area contributed by atoms with Crippen molar-refractivity contribution in [2.75, 3.05) is 19.0 Å². The fourth-order valence-electron chi connectivity index (χ4n) is 2.09. The smallest absolute Gasteiger partial charge is 0.341 e. The summed E-state index contributed by atoms with van der Waals surface area (Å²) in [7, 11) is 0. The number of hydrogen-bond acceptors (Lipinski definition) is 6. The molecule has 1 aromatic heterocycles. The van der Waals surface area contributed by atoms with Gasteiger partial charge in [0.05, 0.1) is 24.7 Å². The minimum absolute atomic E-state index is 0.206. The van der Waals surface area contributed by atoms with E-state index in [0.29, 0.717) is 36.1 Å². The Balaban J connectivity index is 2.16. The minimum Gasteiger partial charge on any atom is -0.465 e. The number of hydrogen-bond donors (Lipinski definition) is 0. The Morgan fingerprint density at radius 3 is 2.46 bits per heavy atom. The number of rotatable bonds is 8. The lowest BCUT2D eigenvalue weighted by Crippen LogP contribution is -2.08. The van der Waals surface area contributed by atoms with Gasteiger partial charge in [-0.25, -0.2) is 4.79 Å². The maximum absolute atomic E-state index is 12.1. The second-order valence-corrected chi connectivity index (χ2v) is 5.82. The summed E-state index contributed by atoms with van der Waals surface area (Å²) in [4.78, 5) is 23.5. The lowest BCUT2D eigenvalue weighted by molar-refractivity contribution is -0.139. The van der Waals surface area contributed by atoms with Gasteiger partial charge in [-0.15, -0.1) is 11.8 Å². The summed E-state index contributed by atoms with van der Waals surface area (Å²) < 4.78 is 15.8. The number of carbonyl (C=O) groups is 2. The average molecular weight is 348 g/mol. The maximum Gasteiger partial charge on any atom is 0.341 e. The largest absolute Gasteiger partial charge is 0.465 e. The zero-order chi connectivity index (χ0) is 17.4. The van der Waals surface area contributed by atoms with Gasteiger partial charge in [-0.2, -0.15) is 0 Å². The van der Waals surface area contributed by atoms with Gasteiger partial charge in [-0.05, 0) is 19.9 Å². The molecule has 2 aromatic rings. The second kappa shape index (κ2) is 9.17. The predicted molar refractivity (Wildman–Crippen MR) is 92.9 cm³/mol. The van der Waals surface area contributed by atoms with Crippen LogP contribution < -0.4 is 0 Å². The lowest BCUT2D eigenvalue weighted by atomic mass is 10.1. The molecule has 0 amide bonds.